The lowest BCUT2D eigenvalue weighted by Gasteiger charge is -2.17. The SMILES string of the molecule is [2H]C1([2H])c2ncccc2C(=O)N1Cc1c(F)cc(-c2ccc(OC(C)C)c3nn(C)cc23)cc1F. The largest absolute Gasteiger partial charge is 0.489 e. The standard InChI is InChI=1S/C25H22F2N4O2/c1-14(2)33-23-7-6-16(18-11-30(3)29-24(18)23)15-9-20(26)19(21(27)10-15)12-31-13-22-17(25(31)32)5-4-8-28-22/h4-11,14H,12-13H2,1-3H3/i13D2. The molecule has 0 spiro atoms. The summed E-state index contributed by atoms with van der Waals surface area (Å²) in [5.41, 5.74) is 1.05. The number of carbonyl (C=O) groups excluding carboxylic acids is 1. The van der Waals surface area contributed by atoms with E-state index in [-0.39, 0.29) is 17.4 Å². The van der Waals surface area contributed by atoms with Crippen LogP contribution >= 0.6 is 0 Å². The number of carbonyl (C=O) groups is 1. The molecule has 0 atom stereocenters. The molecule has 4 aromatic rings. The van der Waals surface area contributed by atoms with Crippen LogP contribution in [-0.2, 0) is 20.1 Å². The molecule has 2 aromatic carbocycles. The summed E-state index contributed by atoms with van der Waals surface area (Å²) in [7, 11) is 1.75. The fourth-order valence-corrected chi connectivity index (χ4v) is 3.97. The highest BCUT2D eigenvalue weighted by Gasteiger charge is 2.29. The first-order chi connectivity index (χ1) is 16.6. The van der Waals surface area contributed by atoms with Crippen molar-refractivity contribution in [2.75, 3.05) is 0 Å². The van der Waals surface area contributed by atoms with Gasteiger partial charge in [-0.15, -0.1) is 0 Å². The van der Waals surface area contributed by atoms with Gasteiger partial charge in [-0.2, -0.15) is 5.10 Å². The van der Waals surface area contributed by atoms with E-state index in [1.165, 1.54) is 30.5 Å². The first kappa shape index (κ1) is 18.7. The van der Waals surface area contributed by atoms with Gasteiger partial charge in [0.2, 0.25) is 0 Å². The van der Waals surface area contributed by atoms with Gasteiger partial charge in [0.25, 0.3) is 5.91 Å². The van der Waals surface area contributed by atoms with Crippen LogP contribution in [0.15, 0.2) is 48.8 Å². The van der Waals surface area contributed by atoms with E-state index in [2.05, 4.69) is 10.1 Å². The molecule has 8 heteroatoms. The normalized spacial score (nSPS) is 15.7. The minimum absolute atomic E-state index is 0.0647. The Kier molecular flexibility index (Phi) is 4.51. The lowest BCUT2D eigenvalue weighted by molar-refractivity contribution is 0.0763. The molecule has 0 radical (unpaired) electrons. The third-order valence-electron chi connectivity index (χ3n) is 5.41. The van der Waals surface area contributed by atoms with Crippen molar-refractivity contribution < 1.29 is 21.1 Å². The van der Waals surface area contributed by atoms with Crippen LogP contribution in [0.25, 0.3) is 22.0 Å². The Labute approximate surface area is 192 Å². The number of aromatic nitrogens is 3. The van der Waals surface area contributed by atoms with Gasteiger partial charge in [0, 0.05) is 30.4 Å². The van der Waals surface area contributed by atoms with E-state index in [1.807, 2.05) is 13.8 Å². The number of nitrogens with zero attached hydrogens (tertiary/aromatic N) is 4. The second-order valence-corrected chi connectivity index (χ2v) is 8.16. The van der Waals surface area contributed by atoms with Crippen LogP contribution in [0.4, 0.5) is 8.78 Å². The minimum Gasteiger partial charge on any atom is -0.489 e. The number of hydrogen-bond donors (Lipinski definition) is 0. The molecule has 1 amide bonds. The Bertz CT molecular complexity index is 1460. The fourth-order valence-electron chi connectivity index (χ4n) is 3.97. The van der Waals surface area contributed by atoms with Crippen LogP contribution in [-0.4, -0.2) is 31.7 Å². The number of halogens is 2. The summed E-state index contributed by atoms with van der Waals surface area (Å²) in [6, 6.07) is 8.78. The quantitative estimate of drug-likeness (QED) is 0.436. The molecule has 0 saturated heterocycles. The number of hydrogen-bond acceptors (Lipinski definition) is 4. The molecule has 168 valence electrons. The first-order valence-electron chi connectivity index (χ1n) is 11.5. The molecule has 1 aliphatic rings. The van der Waals surface area contributed by atoms with E-state index < -0.39 is 36.1 Å². The van der Waals surface area contributed by atoms with Gasteiger partial charge in [0.05, 0.1) is 33.1 Å². The third-order valence-corrected chi connectivity index (χ3v) is 5.41. The zero-order chi connectivity index (χ0) is 25.1. The van der Waals surface area contributed by atoms with Crippen molar-refractivity contribution in [1.29, 1.82) is 0 Å². The van der Waals surface area contributed by atoms with Crippen LogP contribution in [0, 0.1) is 11.6 Å². The topological polar surface area (TPSA) is 60.3 Å². The van der Waals surface area contributed by atoms with Crippen molar-refractivity contribution in [3.8, 4) is 16.9 Å². The van der Waals surface area contributed by atoms with Crippen LogP contribution in [0.2, 0.25) is 0 Å². The molecule has 0 aliphatic carbocycles. The van der Waals surface area contributed by atoms with Crippen molar-refractivity contribution in [3.05, 3.63) is 77.2 Å². The smallest absolute Gasteiger partial charge is 0.256 e. The van der Waals surface area contributed by atoms with E-state index in [4.69, 9.17) is 7.48 Å². The van der Waals surface area contributed by atoms with Gasteiger partial charge in [-0.3, -0.25) is 14.5 Å². The Balaban J connectivity index is 1.53. The number of fused-ring (bicyclic) bond motifs is 2. The summed E-state index contributed by atoms with van der Waals surface area (Å²) in [6.45, 7) is 0.922. The van der Waals surface area contributed by atoms with E-state index in [0.717, 1.165) is 4.90 Å². The molecule has 5 rings (SSSR count). The van der Waals surface area contributed by atoms with Crippen LogP contribution < -0.4 is 4.74 Å². The third kappa shape index (κ3) is 3.71. The summed E-state index contributed by atoms with van der Waals surface area (Å²) in [5, 5.41) is 5.11. The molecule has 0 unspecified atom stereocenters. The minimum atomic E-state index is -2.29. The van der Waals surface area contributed by atoms with E-state index in [0.29, 0.717) is 27.8 Å². The maximum atomic E-state index is 15.3. The molecule has 3 heterocycles. The van der Waals surface area contributed by atoms with Crippen molar-refractivity contribution in [2.24, 2.45) is 7.05 Å². The molecule has 0 bridgehead atoms. The molecule has 2 aromatic heterocycles. The Hall–Kier alpha value is -3.81. The second kappa shape index (κ2) is 7.95. The average Bonchev–Trinajstić information content (AvgIpc) is 3.27. The summed E-state index contributed by atoms with van der Waals surface area (Å²) >= 11 is 0. The van der Waals surface area contributed by atoms with Crippen molar-refractivity contribution in [2.45, 2.75) is 33.0 Å². The molecule has 33 heavy (non-hydrogen) atoms. The van der Waals surface area contributed by atoms with Crippen molar-refractivity contribution in [1.82, 2.24) is 19.7 Å². The van der Waals surface area contributed by atoms with Crippen molar-refractivity contribution in [3.63, 3.8) is 0 Å². The fraction of sp³-hybridized carbons (Fsp3) is 0.240. The van der Waals surface area contributed by atoms with Gasteiger partial charge in [-0.1, -0.05) is 0 Å². The zero-order valence-corrected chi connectivity index (χ0v) is 18.3. The van der Waals surface area contributed by atoms with Crippen LogP contribution in [0.1, 0.15) is 38.2 Å². The van der Waals surface area contributed by atoms with Crippen LogP contribution in [0.5, 0.6) is 5.75 Å². The highest BCUT2D eigenvalue weighted by Crippen LogP contribution is 2.36. The maximum Gasteiger partial charge on any atom is 0.256 e. The number of amides is 1. The van der Waals surface area contributed by atoms with E-state index in [9.17, 15) is 4.79 Å². The molecule has 6 nitrogen and oxygen atoms in total. The van der Waals surface area contributed by atoms with Crippen molar-refractivity contribution >= 4 is 16.8 Å². The molecule has 0 saturated carbocycles. The summed E-state index contributed by atoms with van der Waals surface area (Å²) in [6.07, 6.45) is 3.06. The van der Waals surface area contributed by atoms with E-state index in [1.54, 1.807) is 30.1 Å². The number of pyridine rings is 1. The van der Waals surface area contributed by atoms with Gasteiger partial charge < -0.3 is 9.64 Å². The summed E-state index contributed by atoms with van der Waals surface area (Å²) in [4.78, 5) is 17.5. The average molecular weight is 450 g/mol. The Morgan fingerprint density at radius 2 is 1.94 bits per heavy atom. The molecule has 1 aliphatic heterocycles. The second-order valence-electron chi connectivity index (χ2n) is 8.16. The number of benzene rings is 2. The lowest BCUT2D eigenvalue weighted by Crippen LogP contribution is -2.24. The van der Waals surface area contributed by atoms with E-state index >= 15 is 8.78 Å². The number of aryl methyl sites for hydroxylation is 1. The number of ether oxygens (including phenoxy) is 1. The van der Waals surface area contributed by atoms with Gasteiger partial charge in [-0.25, -0.2) is 8.78 Å². The lowest BCUT2D eigenvalue weighted by atomic mass is 9.99. The molecular weight excluding hydrogens is 426 g/mol. The predicted octanol–water partition coefficient (Wildman–Crippen LogP) is 4.86. The highest BCUT2D eigenvalue weighted by atomic mass is 19.1. The zero-order valence-electron chi connectivity index (χ0n) is 20.3. The summed E-state index contributed by atoms with van der Waals surface area (Å²) in [5.74, 6) is -1.86. The monoisotopic (exact) mass is 450 g/mol. The van der Waals surface area contributed by atoms with Crippen LogP contribution in [0.3, 0.4) is 0 Å². The van der Waals surface area contributed by atoms with Gasteiger partial charge >= 0.3 is 0 Å². The summed E-state index contributed by atoms with van der Waals surface area (Å²) < 4.78 is 54.6. The Morgan fingerprint density at radius 3 is 2.64 bits per heavy atom. The molecule has 0 fully saturated rings. The van der Waals surface area contributed by atoms with Gasteiger partial charge in [-0.05, 0) is 61.4 Å². The van der Waals surface area contributed by atoms with Gasteiger partial charge in [0.1, 0.15) is 22.9 Å². The number of rotatable bonds is 5. The Morgan fingerprint density at radius 1 is 1.18 bits per heavy atom. The first-order valence-corrected chi connectivity index (χ1v) is 10.5. The molecular formula is C25H22F2N4O2. The highest BCUT2D eigenvalue weighted by molar-refractivity contribution is 5.98. The molecule has 0 N–H and O–H groups in total. The van der Waals surface area contributed by atoms with Gasteiger partial charge in [0.15, 0.2) is 0 Å². The maximum absolute atomic E-state index is 15.3. The predicted molar refractivity (Wildman–Crippen MR) is 120 cm³/mol.